The van der Waals surface area contributed by atoms with E-state index in [-0.39, 0.29) is 5.70 Å². The quantitative estimate of drug-likeness (QED) is 0.409. The number of nitrogens with zero attached hydrogens (tertiary/aromatic N) is 1. The van der Waals surface area contributed by atoms with Crippen LogP contribution in [-0.2, 0) is 9.59 Å². The number of carbonyl (C=O) groups excluding carboxylic acids is 3. The summed E-state index contributed by atoms with van der Waals surface area (Å²) in [7, 11) is 1.61. The minimum Gasteiger partial charge on any atom is -0.497 e. The van der Waals surface area contributed by atoms with Crippen molar-refractivity contribution in [3.05, 3.63) is 76.3 Å². The van der Waals surface area contributed by atoms with Crippen LogP contribution in [0, 0.1) is 0 Å². The van der Waals surface area contributed by atoms with Crippen molar-refractivity contribution in [3.63, 3.8) is 0 Å². The Morgan fingerprint density at radius 2 is 1.94 bits per heavy atom. The molecule has 4 rings (SSSR count). The average Bonchev–Trinajstić information content (AvgIpc) is 3.36. The second-order valence-corrected chi connectivity index (χ2v) is 8.42. The molecule has 9 heteroatoms. The first-order valence-corrected chi connectivity index (χ1v) is 10.8. The van der Waals surface area contributed by atoms with Gasteiger partial charge in [0.25, 0.3) is 5.91 Å². The van der Waals surface area contributed by atoms with E-state index in [1.807, 2.05) is 36.4 Å². The van der Waals surface area contributed by atoms with E-state index in [4.69, 9.17) is 16.3 Å². The molecule has 1 fully saturated rings. The third-order valence-electron chi connectivity index (χ3n) is 4.66. The Morgan fingerprint density at radius 1 is 1.16 bits per heavy atom. The van der Waals surface area contributed by atoms with E-state index in [1.165, 1.54) is 11.3 Å². The number of nitrogens with one attached hydrogen (secondary N) is 2. The van der Waals surface area contributed by atoms with Crippen LogP contribution in [0.1, 0.15) is 4.88 Å². The maximum absolute atomic E-state index is 12.7. The Hall–Kier alpha value is -3.62. The molecule has 2 heterocycles. The van der Waals surface area contributed by atoms with Gasteiger partial charge in [0, 0.05) is 20.5 Å². The molecule has 0 aliphatic carbocycles. The normalized spacial score (nSPS) is 14.6. The van der Waals surface area contributed by atoms with Crippen LogP contribution in [0.15, 0.2) is 66.4 Å². The highest BCUT2D eigenvalue weighted by molar-refractivity contribution is 7.16. The number of rotatable bonds is 6. The van der Waals surface area contributed by atoms with E-state index in [1.54, 1.807) is 37.5 Å². The first-order chi connectivity index (χ1) is 15.4. The van der Waals surface area contributed by atoms with E-state index in [0.29, 0.717) is 10.7 Å². The van der Waals surface area contributed by atoms with Gasteiger partial charge in [-0.25, -0.2) is 9.69 Å². The molecule has 1 saturated heterocycles. The molecular formula is C23H18ClN3O4S. The molecule has 4 amide bonds. The highest BCUT2D eigenvalue weighted by Crippen LogP contribution is 2.31. The standard InChI is InChI=1S/C23H18ClN3O4S/c1-31-17-4-2-3-14(11-17)20-10-9-18(32-20)12-19-22(29)27(23(30)26-19)13-21(28)25-16-7-5-15(24)6-8-16/h2-12H,13H2,1H3,(H,25,28)(H,26,30)/b19-12-. The zero-order chi connectivity index (χ0) is 22.7. The molecule has 0 bridgehead atoms. The zero-order valence-corrected chi connectivity index (χ0v) is 18.5. The lowest BCUT2D eigenvalue weighted by molar-refractivity contribution is -0.127. The van der Waals surface area contributed by atoms with E-state index in [0.717, 1.165) is 26.0 Å². The van der Waals surface area contributed by atoms with Gasteiger partial charge in [0.15, 0.2) is 0 Å². The molecule has 7 nitrogen and oxygen atoms in total. The maximum atomic E-state index is 12.7. The fourth-order valence-corrected chi connectivity index (χ4v) is 4.17. The molecule has 162 valence electrons. The monoisotopic (exact) mass is 467 g/mol. The van der Waals surface area contributed by atoms with Crippen molar-refractivity contribution in [1.82, 2.24) is 10.2 Å². The second kappa shape index (κ2) is 9.25. The minimum absolute atomic E-state index is 0.119. The number of thiophene rings is 1. The molecule has 2 N–H and O–H groups in total. The molecule has 0 spiro atoms. The number of imide groups is 1. The lowest BCUT2D eigenvalue weighted by atomic mass is 10.2. The zero-order valence-electron chi connectivity index (χ0n) is 16.9. The number of carbonyl (C=O) groups is 3. The van der Waals surface area contributed by atoms with Gasteiger partial charge in [0.1, 0.15) is 18.0 Å². The molecule has 2 aromatic carbocycles. The fourth-order valence-electron chi connectivity index (χ4n) is 3.10. The number of hydrogen-bond acceptors (Lipinski definition) is 5. The minimum atomic E-state index is -0.642. The second-order valence-electron chi connectivity index (χ2n) is 6.87. The van der Waals surface area contributed by atoms with Gasteiger partial charge >= 0.3 is 6.03 Å². The summed E-state index contributed by atoms with van der Waals surface area (Å²) < 4.78 is 5.26. The number of amides is 4. The molecule has 0 radical (unpaired) electrons. The van der Waals surface area contributed by atoms with Crippen LogP contribution in [0.3, 0.4) is 0 Å². The van der Waals surface area contributed by atoms with Crippen LogP contribution in [0.4, 0.5) is 10.5 Å². The molecule has 32 heavy (non-hydrogen) atoms. The Labute approximate surface area is 193 Å². The number of hydrogen-bond donors (Lipinski definition) is 2. The number of ether oxygens (including phenoxy) is 1. The lowest BCUT2D eigenvalue weighted by Gasteiger charge is -2.11. The van der Waals surface area contributed by atoms with Crippen LogP contribution in [0.2, 0.25) is 5.02 Å². The fraction of sp³-hybridized carbons (Fsp3) is 0.0870. The van der Waals surface area contributed by atoms with Gasteiger partial charge in [-0.2, -0.15) is 0 Å². The molecule has 1 aliphatic rings. The topological polar surface area (TPSA) is 87.7 Å². The van der Waals surface area contributed by atoms with Crippen LogP contribution in [0.5, 0.6) is 5.75 Å². The highest BCUT2D eigenvalue weighted by atomic mass is 35.5. The SMILES string of the molecule is COc1cccc(-c2ccc(/C=C3\NC(=O)N(CC(=O)Nc4ccc(Cl)cc4)C3=O)s2)c1. The van der Waals surface area contributed by atoms with Crippen molar-refractivity contribution in [2.75, 3.05) is 19.0 Å². The van der Waals surface area contributed by atoms with Gasteiger partial charge in [0.05, 0.1) is 7.11 Å². The van der Waals surface area contributed by atoms with Crippen LogP contribution in [0.25, 0.3) is 16.5 Å². The molecule has 1 aliphatic heterocycles. The molecule has 3 aromatic rings. The van der Waals surface area contributed by atoms with Crippen LogP contribution < -0.4 is 15.4 Å². The first kappa shape index (κ1) is 21.6. The van der Waals surface area contributed by atoms with Crippen molar-refractivity contribution in [3.8, 4) is 16.2 Å². The summed E-state index contributed by atoms with van der Waals surface area (Å²) in [6.07, 6.45) is 1.60. The number of anilines is 1. The lowest BCUT2D eigenvalue weighted by Crippen LogP contribution is -2.38. The smallest absolute Gasteiger partial charge is 0.329 e. The van der Waals surface area contributed by atoms with E-state index >= 15 is 0 Å². The van der Waals surface area contributed by atoms with Gasteiger partial charge in [-0.3, -0.25) is 9.59 Å². The molecular weight excluding hydrogens is 450 g/mol. The van der Waals surface area contributed by atoms with Gasteiger partial charge in [-0.15, -0.1) is 11.3 Å². The summed E-state index contributed by atoms with van der Waals surface area (Å²) in [6.45, 7) is -0.399. The summed E-state index contributed by atoms with van der Waals surface area (Å²) in [5, 5.41) is 5.70. The van der Waals surface area contributed by atoms with Gasteiger partial charge in [0.2, 0.25) is 5.91 Å². The van der Waals surface area contributed by atoms with Crippen LogP contribution >= 0.6 is 22.9 Å². The van der Waals surface area contributed by atoms with Gasteiger partial charge in [-0.05, 0) is 60.2 Å². The van der Waals surface area contributed by atoms with Crippen molar-refractivity contribution in [1.29, 1.82) is 0 Å². The summed E-state index contributed by atoms with van der Waals surface area (Å²) in [6, 6.07) is 17.3. The largest absolute Gasteiger partial charge is 0.497 e. The number of halogens is 1. The predicted octanol–water partition coefficient (Wildman–Crippen LogP) is 4.61. The number of benzene rings is 2. The summed E-state index contributed by atoms with van der Waals surface area (Å²) in [5.41, 5.74) is 1.63. The molecule has 0 saturated carbocycles. The molecule has 0 atom stereocenters. The third kappa shape index (κ3) is 4.82. The Balaban J connectivity index is 1.44. The summed E-state index contributed by atoms with van der Waals surface area (Å²) in [5.74, 6) is -0.298. The van der Waals surface area contributed by atoms with Gasteiger partial charge in [-0.1, -0.05) is 23.7 Å². The van der Waals surface area contributed by atoms with E-state index in [2.05, 4.69) is 10.6 Å². The Morgan fingerprint density at radius 3 is 2.69 bits per heavy atom. The van der Waals surface area contributed by atoms with Crippen molar-refractivity contribution in [2.45, 2.75) is 0 Å². The highest BCUT2D eigenvalue weighted by Gasteiger charge is 2.35. The van der Waals surface area contributed by atoms with Crippen molar-refractivity contribution < 1.29 is 19.1 Å². The third-order valence-corrected chi connectivity index (χ3v) is 5.99. The molecule has 0 unspecified atom stereocenters. The molecule has 1 aromatic heterocycles. The van der Waals surface area contributed by atoms with Gasteiger partial charge < -0.3 is 15.4 Å². The van der Waals surface area contributed by atoms with Crippen molar-refractivity contribution >= 4 is 52.5 Å². The summed E-state index contributed by atoms with van der Waals surface area (Å²) in [4.78, 5) is 39.9. The first-order valence-electron chi connectivity index (χ1n) is 9.57. The van der Waals surface area contributed by atoms with E-state index in [9.17, 15) is 14.4 Å². The number of urea groups is 1. The average molecular weight is 468 g/mol. The van der Waals surface area contributed by atoms with E-state index < -0.39 is 24.4 Å². The van der Waals surface area contributed by atoms with Crippen molar-refractivity contribution in [2.24, 2.45) is 0 Å². The Bertz CT molecular complexity index is 1220. The predicted molar refractivity (Wildman–Crippen MR) is 125 cm³/mol. The maximum Gasteiger partial charge on any atom is 0.329 e. The number of methoxy groups -OCH3 is 1. The Kier molecular flexibility index (Phi) is 6.25. The summed E-state index contributed by atoms with van der Waals surface area (Å²) >= 11 is 7.30. The van der Waals surface area contributed by atoms with Crippen LogP contribution in [-0.4, -0.2) is 36.4 Å².